The molecule has 0 aliphatic carbocycles. The fourth-order valence-corrected chi connectivity index (χ4v) is 3.66. The maximum absolute atomic E-state index is 13.0. The van der Waals surface area contributed by atoms with Gasteiger partial charge < -0.3 is 10.1 Å². The molecule has 4 rings (SSSR count). The van der Waals surface area contributed by atoms with Gasteiger partial charge in [-0.1, -0.05) is 48.5 Å². The number of carbonyl (C=O) groups is 1. The molecule has 0 unspecified atom stereocenters. The van der Waals surface area contributed by atoms with Crippen molar-refractivity contribution in [3.8, 4) is 5.75 Å². The summed E-state index contributed by atoms with van der Waals surface area (Å²) in [4.78, 5) is 13.0. The second-order valence-electron chi connectivity index (χ2n) is 6.89. The van der Waals surface area contributed by atoms with E-state index >= 15 is 0 Å². The van der Waals surface area contributed by atoms with E-state index in [1.165, 1.54) is 0 Å². The predicted molar refractivity (Wildman–Crippen MR) is 104 cm³/mol. The van der Waals surface area contributed by atoms with E-state index in [0.29, 0.717) is 18.7 Å². The van der Waals surface area contributed by atoms with Crippen LogP contribution in [0.15, 0.2) is 54.6 Å². The fourth-order valence-electron chi connectivity index (χ4n) is 3.66. The van der Waals surface area contributed by atoms with Crippen LogP contribution in [0.2, 0.25) is 0 Å². The Bertz CT molecular complexity index is 963. The zero-order valence-corrected chi connectivity index (χ0v) is 15.6. The van der Waals surface area contributed by atoms with Crippen LogP contribution in [0.5, 0.6) is 5.75 Å². The van der Waals surface area contributed by atoms with Crippen LogP contribution in [0.25, 0.3) is 0 Å². The first kappa shape index (κ1) is 17.3. The number of aryl methyl sites for hydroxylation is 1. The summed E-state index contributed by atoms with van der Waals surface area (Å²) in [6.45, 7) is 5.10. The molecule has 1 N–H and O–H groups in total. The first-order chi connectivity index (χ1) is 13.1. The number of para-hydroxylation sites is 1. The molecule has 138 valence electrons. The summed E-state index contributed by atoms with van der Waals surface area (Å²) in [5.41, 5.74) is 4.49. The Kier molecular flexibility index (Phi) is 4.67. The molecule has 1 amide bonds. The van der Waals surface area contributed by atoms with Crippen molar-refractivity contribution in [2.24, 2.45) is 0 Å². The Hall–Kier alpha value is -3.08. The van der Waals surface area contributed by atoms with Gasteiger partial charge in [0.05, 0.1) is 30.5 Å². The molecule has 0 saturated heterocycles. The monoisotopic (exact) mass is 361 g/mol. The second-order valence-corrected chi connectivity index (χ2v) is 6.89. The lowest BCUT2D eigenvalue weighted by Crippen LogP contribution is -2.32. The van der Waals surface area contributed by atoms with Crippen molar-refractivity contribution in [3.63, 3.8) is 0 Å². The van der Waals surface area contributed by atoms with Crippen molar-refractivity contribution in [1.82, 2.24) is 15.1 Å². The molecule has 5 nitrogen and oxygen atoms in total. The Morgan fingerprint density at radius 1 is 1.15 bits per heavy atom. The highest BCUT2D eigenvalue weighted by Gasteiger charge is 2.26. The Morgan fingerprint density at radius 2 is 1.89 bits per heavy atom. The lowest BCUT2D eigenvalue weighted by molar-refractivity contribution is 0.0923. The molecule has 0 fully saturated rings. The topological polar surface area (TPSA) is 56.2 Å². The van der Waals surface area contributed by atoms with Crippen LogP contribution in [0.3, 0.4) is 0 Å². The quantitative estimate of drug-likeness (QED) is 0.769. The standard InChI is InChI=1S/C22H23N3O2/c1-15-21(16(2)25(24-15)14-17-8-4-3-5-9-17)22(26)23-19-12-13-27-20-11-7-6-10-18(19)20/h3-11,19H,12-14H2,1-2H3,(H,23,26)/t19-/m1/s1. The van der Waals surface area contributed by atoms with Crippen molar-refractivity contribution in [2.75, 3.05) is 6.61 Å². The summed E-state index contributed by atoms with van der Waals surface area (Å²) < 4.78 is 7.59. The van der Waals surface area contributed by atoms with Gasteiger partial charge in [-0.05, 0) is 25.5 Å². The Labute approximate surface area is 159 Å². The minimum atomic E-state index is -0.0778. The van der Waals surface area contributed by atoms with E-state index in [2.05, 4.69) is 22.5 Å². The molecule has 0 radical (unpaired) electrons. The lowest BCUT2D eigenvalue weighted by Gasteiger charge is -2.26. The summed E-state index contributed by atoms with van der Waals surface area (Å²) in [6.07, 6.45) is 0.763. The maximum atomic E-state index is 13.0. The molecule has 5 heteroatoms. The summed E-state index contributed by atoms with van der Waals surface area (Å²) in [7, 11) is 0. The number of amides is 1. The van der Waals surface area contributed by atoms with Gasteiger partial charge in [-0.15, -0.1) is 0 Å². The van der Waals surface area contributed by atoms with Gasteiger partial charge in [0.2, 0.25) is 0 Å². The number of nitrogens with one attached hydrogen (secondary N) is 1. The molecule has 1 aliphatic rings. The van der Waals surface area contributed by atoms with Gasteiger partial charge in [0.1, 0.15) is 5.75 Å². The van der Waals surface area contributed by atoms with Gasteiger partial charge in [-0.3, -0.25) is 9.48 Å². The Balaban J connectivity index is 1.56. The van der Waals surface area contributed by atoms with E-state index in [1.54, 1.807) is 0 Å². The molecule has 1 aromatic heterocycles. The molecule has 27 heavy (non-hydrogen) atoms. The van der Waals surface area contributed by atoms with E-state index < -0.39 is 0 Å². The molecule has 0 bridgehead atoms. The number of aromatic nitrogens is 2. The third-order valence-corrected chi connectivity index (χ3v) is 5.05. The summed E-state index contributed by atoms with van der Waals surface area (Å²) in [6, 6.07) is 18.0. The number of rotatable bonds is 4. The highest BCUT2D eigenvalue weighted by molar-refractivity contribution is 5.96. The zero-order chi connectivity index (χ0) is 18.8. The van der Waals surface area contributed by atoms with Crippen molar-refractivity contribution >= 4 is 5.91 Å². The van der Waals surface area contributed by atoms with Gasteiger partial charge in [-0.25, -0.2) is 0 Å². The Morgan fingerprint density at radius 3 is 2.70 bits per heavy atom. The molecular formula is C22H23N3O2. The van der Waals surface area contributed by atoms with Gasteiger partial charge in [-0.2, -0.15) is 5.10 Å². The van der Waals surface area contributed by atoms with E-state index in [-0.39, 0.29) is 11.9 Å². The summed E-state index contributed by atoms with van der Waals surface area (Å²) >= 11 is 0. The van der Waals surface area contributed by atoms with Crippen molar-refractivity contribution in [2.45, 2.75) is 32.9 Å². The van der Waals surface area contributed by atoms with Gasteiger partial charge in [0.15, 0.2) is 0 Å². The lowest BCUT2D eigenvalue weighted by atomic mass is 10.00. The first-order valence-electron chi connectivity index (χ1n) is 9.24. The van der Waals surface area contributed by atoms with Gasteiger partial charge in [0.25, 0.3) is 5.91 Å². The third-order valence-electron chi connectivity index (χ3n) is 5.05. The van der Waals surface area contributed by atoms with Crippen LogP contribution >= 0.6 is 0 Å². The molecule has 2 aromatic carbocycles. The van der Waals surface area contributed by atoms with E-state index in [0.717, 1.165) is 34.7 Å². The second kappa shape index (κ2) is 7.27. The van der Waals surface area contributed by atoms with Gasteiger partial charge in [0, 0.05) is 17.7 Å². The highest BCUT2D eigenvalue weighted by Crippen LogP contribution is 2.32. The summed E-state index contributed by atoms with van der Waals surface area (Å²) in [5.74, 6) is 0.772. The van der Waals surface area contributed by atoms with E-state index in [1.807, 2.05) is 61.0 Å². The normalized spacial score (nSPS) is 15.7. The molecule has 3 aromatic rings. The van der Waals surface area contributed by atoms with Crippen LogP contribution in [0.1, 0.15) is 45.3 Å². The van der Waals surface area contributed by atoms with Gasteiger partial charge >= 0.3 is 0 Å². The fraction of sp³-hybridized carbons (Fsp3) is 0.273. The smallest absolute Gasteiger partial charge is 0.255 e. The van der Waals surface area contributed by atoms with Crippen LogP contribution in [-0.2, 0) is 6.54 Å². The molecule has 1 aliphatic heterocycles. The van der Waals surface area contributed by atoms with Crippen LogP contribution in [0, 0.1) is 13.8 Å². The minimum absolute atomic E-state index is 0.0428. The van der Waals surface area contributed by atoms with Crippen molar-refractivity contribution in [3.05, 3.63) is 82.7 Å². The minimum Gasteiger partial charge on any atom is -0.493 e. The van der Waals surface area contributed by atoms with Crippen molar-refractivity contribution < 1.29 is 9.53 Å². The maximum Gasteiger partial charge on any atom is 0.255 e. The number of ether oxygens (including phenoxy) is 1. The van der Waals surface area contributed by atoms with Crippen LogP contribution in [-0.4, -0.2) is 22.3 Å². The average molecular weight is 361 g/mol. The number of nitrogens with zero attached hydrogens (tertiary/aromatic N) is 2. The van der Waals surface area contributed by atoms with Crippen LogP contribution in [0.4, 0.5) is 0 Å². The molecular weight excluding hydrogens is 338 g/mol. The highest BCUT2D eigenvalue weighted by atomic mass is 16.5. The largest absolute Gasteiger partial charge is 0.493 e. The number of carbonyl (C=O) groups excluding carboxylic acids is 1. The van der Waals surface area contributed by atoms with Crippen molar-refractivity contribution in [1.29, 1.82) is 0 Å². The molecule has 1 atom stereocenters. The van der Waals surface area contributed by atoms with E-state index in [4.69, 9.17) is 4.74 Å². The molecule has 0 saturated carbocycles. The number of hydrogen-bond acceptors (Lipinski definition) is 3. The zero-order valence-electron chi connectivity index (χ0n) is 15.6. The SMILES string of the molecule is Cc1nn(Cc2ccccc2)c(C)c1C(=O)N[C@@H]1CCOc2ccccc21. The molecule has 0 spiro atoms. The summed E-state index contributed by atoms with van der Waals surface area (Å²) in [5, 5.41) is 7.77. The first-order valence-corrected chi connectivity index (χ1v) is 9.24. The van der Waals surface area contributed by atoms with Crippen LogP contribution < -0.4 is 10.1 Å². The number of fused-ring (bicyclic) bond motifs is 1. The third kappa shape index (κ3) is 3.45. The predicted octanol–water partition coefficient (Wildman–Crippen LogP) is 3.80. The number of benzene rings is 2. The average Bonchev–Trinajstić information content (AvgIpc) is 2.96. The number of hydrogen-bond donors (Lipinski definition) is 1. The molecule has 2 heterocycles. The van der Waals surface area contributed by atoms with E-state index in [9.17, 15) is 4.79 Å².